The summed E-state index contributed by atoms with van der Waals surface area (Å²) in [7, 11) is 2.94. The van der Waals surface area contributed by atoms with Gasteiger partial charge >= 0.3 is 6.09 Å². The predicted octanol–water partition coefficient (Wildman–Crippen LogP) is 3.32. The largest absolute Gasteiger partial charge is 0.453 e. The Morgan fingerprint density at radius 1 is 1.12 bits per heavy atom. The van der Waals surface area contributed by atoms with Crippen LogP contribution in [0.15, 0.2) is 48.5 Å². The number of ether oxygens (including phenoxy) is 1. The fraction of sp³-hybridized carbons (Fsp3) is 0.222. The highest BCUT2D eigenvalue weighted by atomic mass is 19.1. The Morgan fingerprint density at radius 2 is 1.79 bits per heavy atom. The molecule has 0 heterocycles. The molecule has 0 radical (unpaired) electrons. The van der Waals surface area contributed by atoms with Gasteiger partial charge in [0.05, 0.1) is 18.4 Å². The van der Waals surface area contributed by atoms with Gasteiger partial charge in [-0.1, -0.05) is 24.3 Å². The van der Waals surface area contributed by atoms with Gasteiger partial charge in [0, 0.05) is 13.6 Å². The lowest BCUT2D eigenvalue weighted by Gasteiger charge is -2.19. The maximum absolute atomic E-state index is 12.9. The molecule has 0 saturated heterocycles. The highest BCUT2D eigenvalue weighted by molar-refractivity contribution is 6.02. The molecule has 0 unspecified atom stereocenters. The van der Waals surface area contributed by atoms with Crippen LogP contribution in [-0.4, -0.2) is 37.6 Å². The molecule has 0 saturated carbocycles. The van der Waals surface area contributed by atoms with Crippen molar-refractivity contribution in [1.82, 2.24) is 4.90 Å². The van der Waals surface area contributed by atoms with Crippen molar-refractivity contribution < 1.29 is 18.7 Å². The van der Waals surface area contributed by atoms with Crippen LogP contribution in [0.1, 0.15) is 15.9 Å². The zero-order valence-electron chi connectivity index (χ0n) is 13.6. The summed E-state index contributed by atoms with van der Waals surface area (Å²) >= 11 is 0. The van der Waals surface area contributed by atoms with E-state index < -0.39 is 6.09 Å². The molecule has 126 valence electrons. The molecule has 2 aromatic carbocycles. The minimum atomic E-state index is -0.635. The van der Waals surface area contributed by atoms with Crippen LogP contribution in [-0.2, 0) is 11.2 Å². The maximum Gasteiger partial charge on any atom is 0.411 e. The number of likely N-dealkylation sites (N-methyl/N-ethyl adjacent to an activating group) is 1. The molecule has 0 aromatic heterocycles. The molecule has 0 aliphatic carbocycles. The zero-order valence-corrected chi connectivity index (χ0v) is 13.6. The number of carbonyl (C=O) groups excluding carboxylic acids is 2. The van der Waals surface area contributed by atoms with Gasteiger partial charge in [-0.15, -0.1) is 0 Å². The first-order valence-electron chi connectivity index (χ1n) is 7.45. The van der Waals surface area contributed by atoms with E-state index in [0.29, 0.717) is 24.2 Å². The Bertz CT molecular complexity index is 716. The van der Waals surface area contributed by atoms with Crippen molar-refractivity contribution in [3.8, 4) is 0 Å². The van der Waals surface area contributed by atoms with Crippen LogP contribution in [0.4, 0.5) is 14.9 Å². The van der Waals surface area contributed by atoms with Gasteiger partial charge in [0.25, 0.3) is 5.91 Å². The third-order valence-electron chi connectivity index (χ3n) is 3.58. The van der Waals surface area contributed by atoms with Crippen molar-refractivity contribution >= 4 is 17.7 Å². The molecule has 1 N–H and O–H groups in total. The Morgan fingerprint density at radius 3 is 2.46 bits per heavy atom. The second kappa shape index (κ2) is 8.10. The van der Waals surface area contributed by atoms with Crippen LogP contribution in [0.3, 0.4) is 0 Å². The third-order valence-corrected chi connectivity index (χ3v) is 3.58. The van der Waals surface area contributed by atoms with Crippen LogP contribution < -0.4 is 5.32 Å². The summed E-state index contributed by atoms with van der Waals surface area (Å²) < 4.78 is 17.5. The number of carbonyl (C=O) groups is 2. The Balaban J connectivity index is 2.04. The quantitative estimate of drug-likeness (QED) is 0.915. The number of benzene rings is 2. The molecular weight excluding hydrogens is 311 g/mol. The van der Waals surface area contributed by atoms with Crippen LogP contribution in [0.25, 0.3) is 0 Å². The lowest BCUT2D eigenvalue weighted by atomic mass is 10.1. The van der Waals surface area contributed by atoms with Crippen LogP contribution in [0, 0.1) is 5.82 Å². The second-order valence-electron chi connectivity index (χ2n) is 5.27. The standard InChI is InChI=1S/C18H19FN2O3/c1-21(12-11-13-7-9-14(19)10-8-13)17(22)15-5-3-4-6-16(15)20-18(23)24-2/h3-10H,11-12H2,1-2H3,(H,20,23). The molecule has 0 spiro atoms. The molecule has 2 amide bonds. The Labute approximate surface area is 140 Å². The molecule has 6 heteroatoms. The van der Waals surface area contributed by atoms with E-state index in [4.69, 9.17) is 0 Å². The van der Waals surface area contributed by atoms with Crippen molar-refractivity contribution in [2.45, 2.75) is 6.42 Å². The Kier molecular flexibility index (Phi) is 5.89. The summed E-state index contributed by atoms with van der Waals surface area (Å²) in [6.45, 7) is 0.469. The maximum atomic E-state index is 12.9. The van der Waals surface area contributed by atoms with Crippen LogP contribution >= 0.6 is 0 Å². The minimum absolute atomic E-state index is 0.218. The van der Waals surface area contributed by atoms with Crippen molar-refractivity contribution in [1.29, 1.82) is 0 Å². The topological polar surface area (TPSA) is 58.6 Å². The SMILES string of the molecule is COC(=O)Nc1ccccc1C(=O)N(C)CCc1ccc(F)cc1. The number of para-hydroxylation sites is 1. The number of hydrogen-bond donors (Lipinski definition) is 1. The van der Waals surface area contributed by atoms with Crippen molar-refractivity contribution in [3.05, 3.63) is 65.5 Å². The highest BCUT2D eigenvalue weighted by Crippen LogP contribution is 2.17. The molecule has 0 atom stereocenters. The van der Waals surface area contributed by atoms with E-state index in [0.717, 1.165) is 5.56 Å². The smallest absolute Gasteiger partial charge is 0.411 e. The molecule has 2 aromatic rings. The van der Waals surface area contributed by atoms with E-state index in [1.54, 1.807) is 48.3 Å². The number of nitrogens with zero attached hydrogens (tertiary/aromatic N) is 1. The van der Waals surface area contributed by atoms with Gasteiger partial charge in [-0.2, -0.15) is 0 Å². The molecule has 0 bridgehead atoms. The van der Waals surface area contributed by atoms with E-state index in [1.165, 1.54) is 19.2 Å². The first-order chi connectivity index (χ1) is 11.5. The number of halogens is 1. The van der Waals surface area contributed by atoms with E-state index >= 15 is 0 Å². The first-order valence-corrected chi connectivity index (χ1v) is 7.45. The lowest BCUT2D eigenvalue weighted by Crippen LogP contribution is -2.30. The second-order valence-corrected chi connectivity index (χ2v) is 5.27. The highest BCUT2D eigenvalue weighted by Gasteiger charge is 2.16. The average Bonchev–Trinajstić information content (AvgIpc) is 2.60. The lowest BCUT2D eigenvalue weighted by molar-refractivity contribution is 0.0797. The van der Waals surface area contributed by atoms with E-state index in [-0.39, 0.29) is 11.7 Å². The van der Waals surface area contributed by atoms with Crippen LogP contribution in [0.5, 0.6) is 0 Å². The van der Waals surface area contributed by atoms with Crippen molar-refractivity contribution in [2.24, 2.45) is 0 Å². The summed E-state index contributed by atoms with van der Waals surface area (Å²) in [5.74, 6) is -0.505. The number of rotatable bonds is 5. The minimum Gasteiger partial charge on any atom is -0.453 e. The zero-order chi connectivity index (χ0) is 17.5. The summed E-state index contributed by atoms with van der Waals surface area (Å²) in [6.07, 6.45) is -0.0287. The Hall–Kier alpha value is -2.89. The molecule has 2 rings (SSSR count). The number of methoxy groups -OCH3 is 1. The van der Waals surface area contributed by atoms with Gasteiger partial charge in [0.1, 0.15) is 5.82 Å². The summed E-state index contributed by atoms with van der Waals surface area (Å²) in [4.78, 5) is 25.5. The number of amides is 2. The number of anilines is 1. The summed E-state index contributed by atoms with van der Waals surface area (Å²) in [6, 6.07) is 12.9. The normalized spacial score (nSPS) is 10.1. The van der Waals surface area contributed by atoms with Gasteiger partial charge in [-0.25, -0.2) is 9.18 Å². The molecular formula is C18H19FN2O3. The van der Waals surface area contributed by atoms with Gasteiger partial charge in [-0.05, 0) is 36.2 Å². The third kappa shape index (κ3) is 4.55. The van der Waals surface area contributed by atoms with Gasteiger partial charge < -0.3 is 9.64 Å². The monoisotopic (exact) mass is 330 g/mol. The van der Waals surface area contributed by atoms with Crippen molar-refractivity contribution in [2.75, 3.05) is 26.0 Å². The summed E-state index contributed by atoms with van der Waals surface area (Å²) in [5.41, 5.74) is 1.71. The van der Waals surface area contributed by atoms with Gasteiger partial charge in [-0.3, -0.25) is 10.1 Å². The first kappa shape index (κ1) is 17.5. The van der Waals surface area contributed by atoms with E-state index in [9.17, 15) is 14.0 Å². The van der Waals surface area contributed by atoms with Gasteiger partial charge in [0.2, 0.25) is 0 Å². The van der Waals surface area contributed by atoms with Crippen LogP contribution in [0.2, 0.25) is 0 Å². The molecule has 0 aliphatic heterocycles. The molecule has 0 aliphatic rings. The average molecular weight is 330 g/mol. The number of nitrogens with one attached hydrogen (secondary N) is 1. The number of hydrogen-bond acceptors (Lipinski definition) is 3. The molecule has 0 fully saturated rings. The van der Waals surface area contributed by atoms with E-state index in [2.05, 4.69) is 10.1 Å². The summed E-state index contributed by atoms with van der Waals surface area (Å²) in [5, 5.41) is 2.53. The molecule has 24 heavy (non-hydrogen) atoms. The van der Waals surface area contributed by atoms with Gasteiger partial charge in [0.15, 0.2) is 0 Å². The van der Waals surface area contributed by atoms with E-state index in [1.807, 2.05) is 0 Å². The fourth-order valence-corrected chi connectivity index (χ4v) is 2.19. The predicted molar refractivity (Wildman–Crippen MR) is 89.5 cm³/mol. The fourth-order valence-electron chi connectivity index (χ4n) is 2.19. The molecule has 5 nitrogen and oxygen atoms in total. The van der Waals surface area contributed by atoms with Crippen molar-refractivity contribution in [3.63, 3.8) is 0 Å².